The highest BCUT2D eigenvalue weighted by atomic mass is 32.1. The van der Waals surface area contributed by atoms with Crippen LogP contribution in [0.2, 0.25) is 0 Å². The number of amides is 2. The number of benzene rings is 1. The van der Waals surface area contributed by atoms with E-state index in [0.717, 1.165) is 25.7 Å². The molecule has 1 aromatic carbocycles. The van der Waals surface area contributed by atoms with Crippen molar-refractivity contribution in [3.63, 3.8) is 0 Å². The molecule has 2 aromatic rings. The van der Waals surface area contributed by atoms with E-state index in [4.69, 9.17) is 9.47 Å². The minimum Gasteiger partial charge on any atom is -0.493 e. The van der Waals surface area contributed by atoms with E-state index < -0.39 is 11.8 Å². The third-order valence-electron chi connectivity index (χ3n) is 5.29. The lowest BCUT2D eigenvalue weighted by atomic mass is 9.73. The smallest absolute Gasteiger partial charge is 0.313 e. The van der Waals surface area contributed by atoms with Crippen LogP contribution in [0.3, 0.4) is 0 Å². The number of carbonyl (C=O) groups excluding carboxylic acids is 2. The second kappa shape index (κ2) is 9.10. The van der Waals surface area contributed by atoms with Crippen LogP contribution < -0.4 is 20.1 Å². The van der Waals surface area contributed by atoms with Crippen molar-refractivity contribution in [3.8, 4) is 11.5 Å². The molecule has 0 bridgehead atoms. The molecule has 7 heteroatoms. The second-order valence-electron chi connectivity index (χ2n) is 7.02. The van der Waals surface area contributed by atoms with Crippen molar-refractivity contribution in [2.45, 2.75) is 37.5 Å². The number of carbonyl (C=O) groups is 2. The number of hydrogen-bond donors (Lipinski definition) is 2. The zero-order valence-electron chi connectivity index (χ0n) is 16.2. The van der Waals surface area contributed by atoms with Crippen LogP contribution in [0.15, 0.2) is 35.7 Å². The molecule has 1 aliphatic rings. The van der Waals surface area contributed by atoms with E-state index in [2.05, 4.69) is 22.1 Å². The Kier molecular flexibility index (Phi) is 6.57. The molecular weight excluding hydrogens is 376 g/mol. The third-order valence-corrected chi connectivity index (χ3v) is 6.41. The summed E-state index contributed by atoms with van der Waals surface area (Å²) in [5.41, 5.74) is 0.412. The number of hydrogen-bond acceptors (Lipinski definition) is 5. The Hall–Kier alpha value is -2.54. The summed E-state index contributed by atoms with van der Waals surface area (Å²) >= 11 is 1.72. The zero-order valence-corrected chi connectivity index (χ0v) is 17.1. The molecule has 0 aliphatic heterocycles. The van der Waals surface area contributed by atoms with Gasteiger partial charge >= 0.3 is 11.8 Å². The molecule has 6 nitrogen and oxygen atoms in total. The standard InChI is InChI=1S/C21H26N2O4S/c1-26-16-9-8-15(13-17(16)27-2)23-20(25)19(24)22-14-21(10-4-3-5-11-21)18-7-6-12-28-18/h6-9,12-13H,3-5,10-11,14H2,1-2H3,(H,22,24)(H,23,25). The number of anilines is 1. The maximum Gasteiger partial charge on any atom is 0.313 e. The van der Waals surface area contributed by atoms with Crippen LogP contribution in [-0.2, 0) is 15.0 Å². The van der Waals surface area contributed by atoms with Crippen molar-refractivity contribution in [2.24, 2.45) is 0 Å². The summed E-state index contributed by atoms with van der Waals surface area (Å²) in [6.07, 6.45) is 5.58. The molecule has 0 radical (unpaired) electrons. The van der Waals surface area contributed by atoms with E-state index >= 15 is 0 Å². The van der Waals surface area contributed by atoms with Crippen molar-refractivity contribution in [2.75, 3.05) is 26.1 Å². The van der Waals surface area contributed by atoms with Gasteiger partial charge < -0.3 is 20.1 Å². The summed E-state index contributed by atoms with van der Waals surface area (Å²) in [5, 5.41) is 7.54. The summed E-state index contributed by atoms with van der Waals surface area (Å²) < 4.78 is 10.4. The molecule has 1 fully saturated rings. The molecule has 2 N–H and O–H groups in total. The Bertz CT molecular complexity index is 814. The van der Waals surface area contributed by atoms with Gasteiger partial charge in [0.15, 0.2) is 11.5 Å². The van der Waals surface area contributed by atoms with Gasteiger partial charge in [-0.2, -0.15) is 0 Å². The van der Waals surface area contributed by atoms with Crippen LogP contribution in [0.5, 0.6) is 11.5 Å². The molecule has 0 unspecified atom stereocenters. The first-order valence-electron chi connectivity index (χ1n) is 9.43. The van der Waals surface area contributed by atoms with Crippen LogP contribution in [0.4, 0.5) is 5.69 Å². The van der Waals surface area contributed by atoms with Gasteiger partial charge in [-0.15, -0.1) is 11.3 Å². The average Bonchev–Trinajstić information content (AvgIpc) is 3.28. The fraction of sp³-hybridized carbons (Fsp3) is 0.429. The number of thiophene rings is 1. The number of ether oxygens (including phenoxy) is 2. The quantitative estimate of drug-likeness (QED) is 0.722. The predicted octanol–water partition coefficient (Wildman–Crippen LogP) is 3.72. The van der Waals surface area contributed by atoms with E-state index in [1.165, 1.54) is 25.5 Å². The van der Waals surface area contributed by atoms with E-state index in [1.807, 2.05) is 6.07 Å². The van der Waals surface area contributed by atoms with Crippen molar-refractivity contribution < 1.29 is 19.1 Å². The Balaban J connectivity index is 1.63. The first kappa shape index (κ1) is 20.2. The summed E-state index contributed by atoms with van der Waals surface area (Å²) in [5.74, 6) is -0.277. The Labute approximate surface area is 169 Å². The van der Waals surface area contributed by atoms with Gasteiger partial charge in [0, 0.05) is 28.6 Å². The topological polar surface area (TPSA) is 76.7 Å². The van der Waals surface area contributed by atoms with Crippen LogP contribution >= 0.6 is 11.3 Å². The molecule has 1 aromatic heterocycles. The molecular formula is C21H26N2O4S. The Morgan fingerprint density at radius 3 is 2.43 bits per heavy atom. The Morgan fingerprint density at radius 1 is 1.04 bits per heavy atom. The molecule has 1 heterocycles. The number of rotatable bonds is 6. The van der Waals surface area contributed by atoms with Gasteiger partial charge in [0.25, 0.3) is 0 Å². The predicted molar refractivity (Wildman–Crippen MR) is 110 cm³/mol. The minimum absolute atomic E-state index is 0.0638. The summed E-state index contributed by atoms with van der Waals surface area (Å²) in [6.45, 7) is 0.478. The average molecular weight is 403 g/mol. The van der Waals surface area contributed by atoms with Gasteiger partial charge in [-0.25, -0.2) is 0 Å². The van der Waals surface area contributed by atoms with E-state index in [-0.39, 0.29) is 5.41 Å². The summed E-state index contributed by atoms with van der Waals surface area (Å²) in [6, 6.07) is 9.15. The maximum atomic E-state index is 12.4. The van der Waals surface area contributed by atoms with Crippen LogP contribution in [0.1, 0.15) is 37.0 Å². The van der Waals surface area contributed by atoms with Gasteiger partial charge in [-0.1, -0.05) is 25.3 Å². The van der Waals surface area contributed by atoms with E-state index in [1.54, 1.807) is 29.5 Å². The second-order valence-corrected chi connectivity index (χ2v) is 7.97. The normalized spacial score (nSPS) is 15.5. The maximum absolute atomic E-state index is 12.4. The van der Waals surface area contributed by atoms with Gasteiger partial charge in [0.05, 0.1) is 14.2 Å². The monoisotopic (exact) mass is 402 g/mol. The lowest BCUT2D eigenvalue weighted by Crippen LogP contribution is -2.45. The summed E-state index contributed by atoms with van der Waals surface area (Å²) in [4.78, 5) is 26.0. The largest absolute Gasteiger partial charge is 0.493 e. The fourth-order valence-electron chi connectivity index (χ4n) is 3.75. The molecule has 1 saturated carbocycles. The van der Waals surface area contributed by atoms with Crippen molar-refractivity contribution in [3.05, 3.63) is 40.6 Å². The number of methoxy groups -OCH3 is 2. The molecule has 0 spiro atoms. The highest BCUT2D eigenvalue weighted by Gasteiger charge is 2.35. The Morgan fingerprint density at radius 2 is 1.79 bits per heavy atom. The molecule has 1 aliphatic carbocycles. The lowest BCUT2D eigenvalue weighted by Gasteiger charge is -2.36. The zero-order chi connectivity index (χ0) is 20.0. The van der Waals surface area contributed by atoms with E-state index in [0.29, 0.717) is 23.7 Å². The van der Waals surface area contributed by atoms with Gasteiger partial charge in [-0.3, -0.25) is 9.59 Å². The number of nitrogens with one attached hydrogen (secondary N) is 2. The fourth-order valence-corrected chi connectivity index (χ4v) is 4.74. The SMILES string of the molecule is COc1ccc(NC(=O)C(=O)NCC2(c3cccs3)CCCCC2)cc1OC. The minimum atomic E-state index is -0.690. The molecule has 2 amide bonds. The molecule has 150 valence electrons. The highest BCUT2D eigenvalue weighted by Crippen LogP contribution is 2.41. The van der Waals surface area contributed by atoms with Crippen LogP contribution in [-0.4, -0.2) is 32.6 Å². The van der Waals surface area contributed by atoms with Gasteiger partial charge in [-0.05, 0) is 36.4 Å². The lowest BCUT2D eigenvalue weighted by molar-refractivity contribution is -0.136. The molecule has 28 heavy (non-hydrogen) atoms. The molecule has 0 atom stereocenters. The highest BCUT2D eigenvalue weighted by molar-refractivity contribution is 7.10. The molecule has 3 rings (SSSR count). The summed E-state index contributed by atoms with van der Waals surface area (Å²) in [7, 11) is 3.06. The van der Waals surface area contributed by atoms with Crippen molar-refractivity contribution >= 4 is 28.8 Å². The van der Waals surface area contributed by atoms with Gasteiger partial charge in [0.2, 0.25) is 0 Å². The molecule has 0 saturated heterocycles. The van der Waals surface area contributed by atoms with Crippen molar-refractivity contribution in [1.82, 2.24) is 5.32 Å². The first-order chi connectivity index (χ1) is 13.6. The third kappa shape index (κ3) is 4.47. The van der Waals surface area contributed by atoms with Gasteiger partial charge in [0.1, 0.15) is 0 Å². The van der Waals surface area contributed by atoms with Crippen molar-refractivity contribution in [1.29, 1.82) is 0 Å². The van der Waals surface area contributed by atoms with E-state index in [9.17, 15) is 9.59 Å². The first-order valence-corrected chi connectivity index (χ1v) is 10.3. The van der Waals surface area contributed by atoms with Crippen LogP contribution in [0.25, 0.3) is 0 Å². The van der Waals surface area contributed by atoms with Crippen LogP contribution in [0, 0.1) is 0 Å².